The summed E-state index contributed by atoms with van der Waals surface area (Å²) in [5.41, 5.74) is 0.811. The summed E-state index contributed by atoms with van der Waals surface area (Å²) < 4.78 is 18.9. The Kier molecular flexibility index (Phi) is 3.31. The van der Waals surface area contributed by atoms with Gasteiger partial charge in [0.15, 0.2) is 0 Å². The van der Waals surface area contributed by atoms with Crippen LogP contribution in [0, 0.1) is 5.82 Å². The standard InChI is InChI=1S/C16H16FN3O2/c1-4-22-13-6-5-12-14(19-13)16(2,3)20(15(12)21)11-7-10(17)8-18-9-11/h5-9H,4H2,1-3H3. The maximum absolute atomic E-state index is 13.5. The molecular formula is C16H16FN3O2. The zero-order valence-corrected chi connectivity index (χ0v) is 12.6. The Bertz CT molecular complexity index is 746. The Morgan fingerprint density at radius 2 is 2.09 bits per heavy atom. The van der Waals surface area contributed by atoms with Crippen molar-refractivity contribution in [3.05, 3.63) is 47.7 Å². The van der Waals surface area contributed by atoms with E-state index >= 15 is 0 Å². The highest BCUT2D eigenvalue weighted by atomic mass is 19.1. The number of fused-ring (bicyclic) bond motifs is 1. The molecule has 22 heavy (non-hydrogen) atoms. The second-order valence-electron chi connectivity index (χ2n) is 5.54. The molecule has 3 heterocycles. The lowest BCUT2D eigenvalue weighted by Gasteiger charge is -2.31. The van der Waals surface area contributed by atoms with E-state index in [1.807, 2.05) is 20.8 Å². The van der Waals surface area contributed by atoms with Crippen LogP contribution in [0.1, 0.15) is 36.8 Å². The Morgan fingerprint density at radius 1 is 1.32 bits per heavy atom. The van der Waals surface area contributed by atoms with Gasteiger partial charge in [-0.3, -0.25) is 14.7 Å². The first-order valence-electron chi connectivity index (χ1n) is 7.04. The van der Waals surface area contributed by atoms with E-state index in [2.05, 4.69) is 9.97 Å². The monoisotopic (exact) mass is 301 g/mol. The van der Waals surface area contributed by atoms with Gasteiger partial charge in [-0.2, -0.15) is 0 Å². The van der Waals surface area contributed by atoms with Crippen molar-refractivity contribution in [2.45, 2.75) is 26.3 Å². The van der Waals surface area contributed by atoms with Crippen molar-refractivity contribution in [1.82, 2.24) is 9.97 Å². The molecule has 0 unspecified atom stereocenters. The van der Waals surface area contributed by atoms with Crippen LogP contribution in [-0.2, 0) is 5.54 Å². The van der Waals surface area contributed by atoms with Crippen molar-refractivity contribution in [3.63, 3.8) is 0 Å². The Balaban J connectivity index is 2.10. The zero-order chi connectivity index (χ0) is 15.9. The fourth-order valence-corrected chi connectivity index (χ4v) is 2.75. The maximum atomic E-state index is 13.5. The molecule has 0 bridgehead atoms. The van der Waals surface area contributed by atoms with Gasteiger partial charge in [0.25, 0.3) is 5.91 Å². The number of carbonyl (C=O) groups is 1. The molecule has 3 rings (SSSR count). The van der Waals surface area contributed by atoms with Gasteiger partial charge < -0.3 is 4.74 Å². The molecule has 0 N–H and O–H groups in total. The van der Waals surface area contributed by atoms with Crippen LogP contribution >= 0.6 is 0 Å². The number of carbonyl (C=O) groups excluding carboxylic acids is 1. The fourth-order valence-electron chi connectivity index (χ4n) is 2.75. The summed E-state index contributed by atoms with van der Waals surface area (Å²) in [6, 6.07) is 4.66. The molecule has 114 valence electrons. The van der Waals surface area contributed by atoms with Crippen molar-refractivity contribution >= 4 is 11.6 Å². The Labute approximate surface area is 127 Å². The third-order valence-electron chi connectivity index (χ3n) is 3.68. The molecule has 2 aromatic heterocycles. The highest BCUT2D eigenvalue weighted by Gasteiger charge is 2.45. The van der Waals surface area contributed by atoms with Gasteiger partial charge in [-0.1, -0.05) is 0 Å². The molecule has 0 atom stereocenters. The topological polar surface area (TPSA) is 55.3 Å². The second kappa shape index (κ2) is 5.05. The van der Waals surface area contributed by atoms with Gasteiger partial charge in [0, 0.05) is 12.1 Å². The third kappa shape index (κ3) is 2.11. The van der Waals surface area contributed by atoms with E-state index in [1.165, 1.54) is 17.2 Å². The molecule has 1 aliphatic rings. The van der Waals surface area contributed by atoms with Crippen LogP contribution in [0.15, 0.2) is 30.6 Å². The van der Waals surface area contributed by atoms with E-state index in [4.69, 9.17) is 4.74 Å². The van der Waals surface area contributed by atoms with Crippen LogP contribution in [0.2, 0.25) is 0 Å². The van der Waals surface area contributed by atoms with Gasteiger partial charge in [-0.05, 0) is 26.8 Å². The zero-order valence-electron chi connectivity index (χ0n) is 12.6. The molecule has 2 aromatic rings. The molecule has 6 heteroatoms. The summed E-state index contributed by atoms with van der Waals surface area (Å²) in [6.07, 6.45) is 2.58. The number of amides is 1. The van der Waals surface area contributed by atoms with Crippen LogP contribution in [0.25, 0.3) is 0 Å². The molecular weight excluding hydrogens is 285 g/mol. The first kappa shape index (κ1) is 14.4. The highest BCUT2D eigenvalue weighted by molar-refractivity contribution is 6.11. The number of hydrogen-bond donors (Lipinski definition) is 0. The van der Waals surface area contributed by atoms with Gasteiger partial charge in [-0.15, -0.1) is 0 Å². The quantitative estimate of drug-likeness (QED) is 0.874. The smallest absolute Gasteiger partial charge is 0.261 e. The molecule has 0 saturated heterocycles. The van der Waals surface area contributed by atoms with Crippen molar-refractivity contribution in [1.29, 1.82) is 0 Å². The molecule has 0 radical (unpaired) electrons. The number of ether oxygens (including phenoxy) is 1. The molecule has 1 amide bonds. The first-order chi connectivity index (χ1) is 10.4. The van der Waals surface area contributed by atoms with Crippen LogP contribution < -0.4 is 9.64 Å². The van der Waals surface area contributed by atoms with Crippen LogP contribution in [0.3, 0.4) is 0 Å². The average Bonchev–Trinajstić information content (AvgIpc) is 2.66. The van der Waals surface area contributed by atoms with Gasteiger partial charge >= 0.3 is 0 Å². The van der Waals surface area contributed by atoms with Crippen LogP contribution in [0.4, 0.5) is 10.1 Å². The van der Waals surface area contributed by atoms with Gasteiger partial charge in [0.05, 0.1) is 41.5 Å². The highest BCUT2D eigenvalue weighted by Crippen LogP contribution is 2.41. The summed E-state index contributed by atoms with van der Waals surface area (Å²) in [5, 5.41) is 0. The Morgan fingerprint density at radius 3 is 2.77 bits per heavy atom. The molecule has 0 aliphatic carbocycles. The molecule has 0 spiro atoms. The van der Waals surface area contributed by atoms with E-state index in [0.29, 0.717) is 29.4 Å². The minimum Gasteiger partial charge on any atom is -0.478 e. The second-order valence-corrected chi connectivity index (χ2v) is 5.54. The van der Waals surface area contributed by atoms with Crippen LogP contribution in [-0.4, -0.2) is 22.5 Å². The normalized spacial score (nSPS) is 15.8. The summed E-state index contributed by atoms with van der Waals surface area (Å²) in [6.45, 7) is 6.10. The number of pyridine rings is 2. The van der Waals surface area contributed by atoms with Gasteiger partial charge in [0.2, 0.25) is 5.88 Å². The molecule has 0 fully saturated rings. The van der Waals surface area contributed by atoms with E-state index in [0.717, 1.165) is 6.20 Å². The summed E-state index contributed by atoms with van der Waals surface area (Å²) in [4.78, 5) is 22.5. The number of aromatic nitrogens is 2. The third-order valence-corrected chi connectivity index (χ3v) is 3.68. The van der Waals surface area contributed by atoms with Crippen molar-refractivity contribution < 1.29 is 13.9 Å². The number of anilines is 1. The van der Waals surface area contributed by atoms with E-state index in [1.54, 1.807) is 12.1 Å². The number of halogens is 1. The lowest BCUT2D eigenvalue weighted by atomic mass is 9.99. The number of nitrogens with zero attached hydrogens (tertiary/aromatic N) is 3. The number of hydrogen-bond acceptors (Lipinski definition) is 4. The van der Waals surface area contributed by atoms with E-state index in [-0.39, 0.29) is 5.91 Å². The van der Waals surface area contributed by atoms with Crippen molar-refractivity contribution in [2.75, 3.05) is 11.5 Å². The van der Waals surface area contributed by atoms with E-state index in [9.17, 15) is 9.18 Å². The minimum atomic E-state index is -0.713. The lowest BCUT2D eigenvalue weighted by Crippen LogP contribution is -2.39. The predicted molar refractivity (Wildman–Crippen MR) is 79.4 cm³/mol. The maximum Gasteiger partial charge on any atom is 0.261 e. The van der Waals surface area contributed by atoms with E-state index < -0.39 is 11.4 Å². The Hall–Kier alpha value is -2.50. The van der Waals surface area contributed by atoms with Crippen molar-refractivity contribution in [2.24, 2.45) is 0 Å². The van der Waals surface area contributed by atoms with Gasteiger partial charge in [0.1, 0.15) is 5.82 Å². The molecule has 0 aromatic carbocycles. The summed E-state index contributed by atoms with van der Waals surface area (Å²) >= 11 is 0. The summed E-state index contributed by atoms with van der Waals surface area (Å²) in [5.74, 6) is -0.232. The SMILES string of the molecule is CCOc1ccc2c(n1)C(C)(C)N(c1cncc(F)c1)C2=O. The minimum absolute atomic E-state index is 0.219. The largest absolute Gasteiger partial charge is 0.478 e. The predicted octanol–water partition coefficient (Wildman–Crippen LogP) is 2.91. The fraction of sp³-hybridized carbons (Fsp3) is 0.312. The summed E-state index contributed by atoms with van der Waals surface area (Å²) in [7, 11) is 0. The van der Waals surface area contributed by atoms with Crippen molar-refractivity contribution in [3.8, 4) is 5.88 Å². The number of rotatable bonds is 3. The molecule has 0 saturated carbocycles. The van der Waals surface area contributed by atoms with Gasteiger partial charge in [-0.25, -0.2) is 9.37 Å². The average molecular weight is 301 g/mol. The molecule has 5 nitrogen and oxygen atoms in total. The first-order valence-corrected chi connectivity index (χ1v) is 7.04. The molecule has 1 aliphatic heterocycles. The van der Waals surface area contributed by atoms with Crippen LogP contribution in [0.5, 0.6) is 5.88 Å². The lowest BCUT2D eigenvalue weighted by molar-refractivity contribution is 0.0982.